The minimum Gasteiger partial charge on any atom is -0.481 e. The van der Waals surface area contributed by atoms with Crippen LogP contribution in [0.5, 0.6) is 5.88 Å². The van der Waals surface area contributed by atoms with Gasteiger partial charge in [-0.2, -0.15) is 0 Å². The summed E-state index contributed by atoms with van der Waals surface area (Å²) in [6.07, 6.45) is 1.51. The van der Waals surface area contributed by atoms with Crippen LogP contribution >= 0.6 is 11.6 Å². The van der Waals surface area contributed by atoms with Crippen molar-refractivity contribution in [2.75, 3.05) is 12.4 Å². The number of hydrogen-bond acceptors (Lipinski definition) is 5. The van der Waals surface area contributed by atoms with E-state index < -0.39 is 11.5 Å². The van der Waals surface area contributed by atoms with Crippen molar-refractivity contribution in [2.24, 2.45) is 0 Å². The Kier molecular flexibility index (Phi) is 6.60. The molecule has 2 aromatic heterocycles. The van der Waals surface area contributed by atoms with E-state index >= 15 is 0 Å². The van der Waals surface area contributed by atoms with Gasteiger partial charge in [0.15, 0.2) is 0 Å². The van der Waals surface area contributed by atoms with E-state index in [0.717, 1.165) is 11.1 Å². The minimum absolute atomic E-state index is 0.0744. The number of halogens is 1. The summed E-state index contributed by atoms with van der Waals surface area (Å²) in [6, 6.07) is 15.2. The summed E-state index contributed by atoms with van der Waals surface area (Å²) in [6.45, 7) is 2.10. The Hall–Kier alpha value is -4.17. The van der Waals surface area contributed by atoms with Crippen molar-refractivity contribution < 1.29 is 14.3 Å². The maximum atomic E-state index is 12.9. The molecule has 0 unspecified atom stereocenters. The standard InChI is InChI=1S/C25H21ClN4O4/c1-14-6-7-16(23(31)28-12-15-4-3-5-18(26)8-15)10-20(14)29-24(32)19-9-17-13-27-22(34-2)11-21(17)30-25(19)33/h3-11,13H,12H2,1-2H3,(H,28,31)(H,29,32)(H,30,33). The molecule has 0 saturated heterocycles. The second-order valence-corrected chi connectivity index (χ2v) is 8.06. The van der Waals surface area contributed by atoms with Gasteiger partial charge in [-0.25, -0.2) is 4.98 Å². The first kappa shape index (κ1) is 23.0. The van der Waals surface area contributed by atoms with Crippen molar-refractivity contribution in [3.8, 4) is 5.88 Å². The van der Waals surface area contributed by atoms with Crippen LogP contribution in [0.3, 0.4) is 0 Å². The average molecular weight is 477 g/mol. The van der Waals surface area contributed by atoms with Crippen LogP contribution in [-0.4, -0.2) is 28.9 Å². The Labute approximate surface area is 199 Å². The molecule has 0 aliphatic heterocycles. The summed E-state index contributed by atoms with van der Waals surface area (Å²) in [7, 11) is 1.47. The normalized spacial score (nSPS) is 10.7. The second-order valence-electron chi connectivity index (χ2n) is 7.62. The number of carbonyl (C=O) groups excluding carboxylic acids is 2. The van der Waals surface area contributed by atoms with Crippen LogP contribution < -0.4 is 20.9 Å². The molecule has 0 radical (unpaired) electrons. The summed E-state index contributed by atoms with van der Waals surface area (Å²) in [5, 5.41) is 6.73. The van der Waals surface area contributed by atoms with Crippen LogP contribution in [0.2, 0.25) is 5.02 Å². The summed E-state index contributed by atoms with van der Waals surface area (Å²) < 4.78 is 5.06. The number of ether oxygens (including phenoxy) is 1. The number of H-pyrrole nitrogens is 1. The molecular weight excluding hydrogens is 456 g/mol. The molecule has 0 fully saturated rings. The first-order valence-electron chi connectivity index (χ1n) is 10.4. The minimum atomic E-state index is -0.599. The molecule has 34 heavy (non-hydrogen) atoms. The fourth-order valence-electron chi connectivity index (χ4n) is 3.38. The highest BCUT2D eigenvalue weighted by molar-refractivity contribution is 6.30. The largest absolute Gasteiger partial charge is 0.481 e. The molecule has 4 aromatic rings. The van der Waals surface area contributed by atoms with E-state index in [1.54, 1.807) is 43.3 Å². The van der Waals surface area contributed by atoms with Gasteiger partial charge in [0.05, 0.1) is 12.6 Å². The number of carbonyl (C=O) groups is 2. The molecule has 0 bridgehead atoms. The van der Waals surface area contributed by atoms with Gasteiger partial charge >= 0.3 is 0 Å². The van der Waals surface area contributed by atoms with Crippen molar-refractivity contribution in [3.05, 3.63) is 98.4 Å². The van der Waals surface area contributed by atoms with E-state index in [9.17, 15) is 14.4 Å². The van der Waals surface area contributed by atoms with E-state index in [0.29, 0.717) is 39.6 Å². The smallest absolute Gasteiger partial charge is 0.261 e. The van der Waals surface area contributed by atoms with Crippen molar-refractivity contribution in [1.29, 1.82) is 0 Å². The van der Waals surface area contributed by atoms with Gasteiger partial charge in [0.25, 0.3) is 17.4 Å². The number of nitrogens with one attached hydrogen (secondary N) is 3. The summed E-state index contributed by atoms with van der Waals surface area (Å²) >= 11 is 5.98. The van der Waals surface area contributed by atoms with E-state index in [4.69, 9.17) is 16.3 Å². The fourth-order valence-corrected chi connectivity index (χ4v) is 3.59. The molecule has 0 atom stereocenters. The number of fused-ring (bicyclic) bond motifs is 1. The lowest BCUT2D eigenvalue weighted by Crippen LogP contribution is -2.25. The molecule has 0 saturated carbocycles. The lowest BCUT2D eigenvalue weighted by Gasteiger charge is -2.11. The van der Waals surface area contributed by atoms with Gasteiger partial charge in [-0.3, -0.25) is 14.4 Å². The van der Waals surface area contributed by atoms with Crippen LogP contribution in [0.1, 0.15) is 31.8 Å². The molecule has 9 heteroatoms. The highest BCUT2D eigenvalue weighted by Crippen LogP contribution is 2.20. The van der Waals surface area contributed by atoms with Gasteiger partial charge in [0, 0.05) is 40.5 Å². The lowest BCUT2D eigenvalue weighted by atomic mass is 10.1. The Morgan fingerprint density at radius 1 is 1.09 bits per heavy atom. The first-order chi connectivity index (χ1) is 16.3. The molecule has 2 aromatic carbocycles. The number of aryl methyl sites for hydroxylation is 1. The second kappa shape index (κ2) is 9.76. The maximum absolute atomic E-state index is 12.9. The Balaban J connectivity index is 1.53. The van der Waals surface area contributed by atoms with Crippen molar-refractivity contribution in [2.45, 2.75) is 13.5 Å². The van der Waals surface area contributed by atoms with Crippen molar-refractivity contribution in [3.63, 3.8) is 0 Å². The summed E-state index contributed by atoms with van der Waals surface area (Å²) in [5.41, 5.74) is 2.27. The molecule has 8 nitrogen and oxygen atoms in total. The molecule has 2 amide bonds. The Bertz CT molecular complexity index is 1470. The van der Waals surface area contributed by atoms with E-state index in [2.05, 4.69) is 20.6 Å². The molecule has 4 rings (SSSR count). The molecular formula is C25H21ClN4O4. The number of anilines is 1. The third kappa shape index (κ3) is 5.07. The van der Waals surface area contributed by atoms with E-state index in [1.807, 2.05) is 12.1 Å². The predicted molar refractivity (Wildman–Crippen MR) is 131 cm³/mol. The predicted octanol–water partition coefficient (Wildman–Crippen LogP) is 4.08. The number of benzene rings is 2. The number of rotatable bonds is 6. The Morgan fingerprint density at radius 3 is 2.68 bits per heavy atom. The number of pyridine rings is 2. The number of hydrogen-bond donors (Lipinski definition) is 3. The van der Waals surface area contributed by atoms with Crippen LogP contribution in [0.15, 0.2) is 65.6 Å². The van der Waals surface area contributed by atoms with Gasteiger partial charge in [-0.15, -0.1) is 0 Å². The summed E-state index contributed by atoms with van der Waals surface area (Å²) in [4.78, 5) is 44.8. The summed E-state index contributed by atoms with van der Waals surface area (Å²) in [5.74, 6) is -0.556. The number of aromatic amines is 1. The fraction of sp³-hybridized carbons (Fsp3) is 0.120. The van der Waals surface area contributed by atoms with Crippen LogP contribution in [-0.2, 0) is 6.54 Å². The SMILES string of the molecule is COc1cc2[nH]c(=O)c(C(=O)Nc3cc(C(=O)NCc4cccc(Cl)c4)ccc3C)cc2cn1. The molecule has 172 valence electrons. The van der Waals surface area contributed by atoms with Crippen LogP contribution in [0.4, 0.5) is 5.69 Å². The van der Waals surface area contributed by atoms with Gasteiger partial charge in [0.1, 0.15) is 5.56 Å². The van der Waals surface area contributed by atoms with Gasteiger partial charge < -0.3 is 20.4 Å². The van der Waals surface area contributed by atoms with E-state index in [1.165, 1.54) is 19.4 Å². The third-order valence-corrected chi connectivity index (χ3v) is 5.48. The Morgan fingerprint density at radius 2 is 1.91 bits per heavy atom. The first-order valence-corrected chi connectivity index (χ1v) is 10.7. The quantitative estimate of drug-likeness (QED) is 0.388. The number of amides is 2. The van der Waals surface area contributed by atoms with Gasteiger partial charge in [-0.05, 0) is 48.4 Å². The van der Waals surface area contributed by atoms with Crippen molar-refractivity contribution in [1.82, 2.24) is 15.3 Å². The number of nitrogens with zero attached hydrogens (tertiary/aromatic N) is 1. The lowest BCUT2D eigenvalue weighted by molar-refractivity contribution is 0.0949. The van der Waals surface area contributed by atoms with Gasteiger partial charge in [0.2, 0.25) is 5.88 Å². The average Bonchev–Trinajstić information content (AvgIpc) is 2.83. The van der Waals surface area contributed by atoms with Crippen LogP contribution in [0, 0.1) is 6.92 Å². The van der Waals surface area contributed by atoms with Gasteiger partial charge in [-0.1, -0.05) is 29.8 Å². The molecule has 3 N–H and O–H groups in total. The zero-order chi connectivity index (χ0) is 24.2. The number of aromatic nitrogens is 2. The zero-order valence-electron chi connectivity index (χ0n) is 18.4. The monoisotopic (exact) mass is 476 g/mol. The maximum Gasteiger partial charge on any atom is 0.261 e. The van der Waals surface area contributed by atoms with Crippen molar-refractivity contribution >= 4 is 40.0 Å². The molecule has 2 heterocycles. The molecule has 0 spiro atoms. The molecule has 0 aliphatic rings. The molecule has 0 aliphatic carbocycles. The third-order valence-electron chi connectivity index (χ3n) is 5.25. The number of methoxy groups -OCH3 is 1. The van der Waals surface area contributed by atoms with E-state index in [-0.39, 0.29) is 11.5 Å². The highest BCUT2D eigenvalue weighted by atomic mass is 35.5. The highest BCUT2D eigenvalue weighted by Gasteiger charge is 2.15. The zero-order valence-corrected chi connectivity index (χ0v) is 19.2. The van der Waals surface area contributed by atoms with Crippen LogP contribution in [0.25, 0.3) is 10.9 Å². The topological polar surface area (TPSA) is 113 Å².